The van der Waals surface area contributed by atoms with Crippen LogP contribution in [0.3, 0.4) is 0 Å². The van der Waals surface area contributed by atoms with Gasteiger partial charge in [-0.05, 0) is 54.5 Å². The standard InChI is InChI=1S/C25H33N5O3/c1-2-3-18-16-26-24(27-17-18)29-8-6-19(7-9-29)23-15-20-14-21(4-5-22(20)33-23)28-10-12-30(13-11-28)25(31)32/h4-5,14,16-17,19,23H,2-3,6-13,15H2,1H3,(H,31,32). The monoisotopic (exact) mass is 451 g/mol. The highest BCUT2D eigenvalue weighted by Crippen LogP contribution is 2.37. The summed E-state index contributed by atoms with van der Waals surface area (Å²) in [5, 5.41) is 9.17. The first-order valence-electron chi connectivity index (χ1n) is 12.2. The summed E-state index contributed by atoms with van der Waals surface area (Å²) in [6.45, 7) is 6.67. The normalized spacial score (nSPS) is 21.1. The number of fused-ring (bicyclic) bond motifs is 1. The highest BCUT2D eigenvalue weighted by molar-refractivity contribution is 5.65. The molecule has 5 rings (SSSR count). The number of anilines is 2. The Balaban J connectivity index is 1.15. The molecule has 8 nitrogen and oxygen atoms in total. The number of piperazine rings is 1. The number of benzene rings is 1. The molecule has 2 aromatic rings. The number of aromatic nitrogens is 2. The topological polar surface area (TPSA) is 82.0 Å². The number of rotatable bonds is 5. The van der Waals surface area contributed by atoms with Crippen molar-refractivity contribution >= 4 is 17.7 Å². The number of hydrogen-bond acceptors (Lipinski definition) is 6. The van der Waals surface area contributed by atoms with Crippen LogP contribution < -0.4 is 14.5 Å². The van der Waals surface area contributed by atoms with Crippen molar-refractivity contribution in [2.24, 2.45) is 5.92 Å². The molecule has 1 N–H and O–H groups in total. The number of carboxylic acid groups (broad SMARTS) is 1. The van der Waals surface area contributed by atoms with E-state index in [9.17, 15) is 4.79 Å². The molecule has 1 amide bonds. The van der Waals surface area contributed by atoms with Crippen molar-refractivity contribution in [2.75, 3.05) is 49.1 Å². The highest BCUT2D eigenvalue weighted by atomic mass is 16.5. The number of nitrogens with zero attached hydrogens (tertiary/aromatic N) is 5. The van der Waals surface area contributed by atoms with Crippen LogP contribution in [0.4, 0.5) is 16.4 Å². The van der Waals surface area contributed by atoms with Crippen LogP contribution in [0.5, 0.6) is 5.75 Å². The van der Waals surface area contributed by atoms with Gasteiger partial charge in [0.05, 0.1) is 0 Å². The Kier molecular flexibility index (Phi) is 6.24. The van der Waals surface area contributed by atoms with Crippen LogP contribution in [0.2, 0.25) is 0 Å². The molecular weight excluding hydrogens is 418 g/mol. The van der Waals surface area contributed by atoms with Crippen molar-refractivity contribution in [3.8, 4) is 5.75 Å². The molecule has 3 aliphatic rings. The molecule has 0 aliphatic carbocycles. The summed E-state index contributed by atoms with van der Waals surface area (Å²) in [6, 6.07) is 6.45. The highest BCUT2D eigenvalue weighted by Gasteiger charge is 2.34. The van der Waals surface area contributed by atoms with Gasteiger partial charge in [-0.15, -0.1) is 0 Å². The molecule has 3 aliphatic heterocycles. The SMILES string of the molecule is CCCc1cnc(N2CCC(C3Cc4cc(N5CCN(C(=O)O)CC5)ccc4O3)CC2)nc1. The van der Waals surface area contributed by atoms with Crippen LogP contribution in [-0.2, 0) is 12.8 Å². The lowest BCUT2D eigenvalue weighted by Gasteiger charge is -2.34. The lowest BCUT2D eigenvalue weighted by atomic mass is 9.89. The molecule has 0 spiro atoms. The summed E-state index contributed by atoms with van der Waals surface area (Å²) in [6.07, 6.45) is 8.60. The van der Waals surface area contributed by atoms with Gasteiger partial charge in [0.2, 0.25) is 5.95 Å². The van der Waals surface area contributed by atoms with Gasteiger partial charge < -0.3 is 24.5 Å². The van der Waals surface area contributed by atoms with E-state index in [0.717, 1.165) is 70.0 Å². The third-order valence-corrected chi connectivity index (χ3v) is 7.24. The number of piperidine rings is 1. The first-order chi connectivity index (χ1) is 16.1. The Labute approximate surface area is 195 Å². The molecule has 0 bridgehead atoms. The fourth-order valence-corrected chi connectivity index (χ4v) is 5.28. The predicted molar refractivity (Wildman–Crippen MR) is 127 cm³/mol. The van der Waals surface area contributed by atoms with Gasteiger partial charge in [0, 0.05) is 63.8 Å². The van der Waals surface area contributed by atoms with Crippen molar-refractivity contribution in [1.82, 2.24) is 14.9 Å². The van der Waals surface area contributed by atoms with Crippen LogP contribution in [-0.4, -0.2) is 71.4 Å². The molecular formula is C25H33N5O3. The largest absolute Gasteiger partial charge is 0.490 e. The van der Waals surface area contributed by atoms with E-state index < -0.39 is 6.09 Å². The minimum Gasteiger partial charge on any atom is -0.490 e. The Morgan fingerprint density at radius 1 is 1.06 bits per heavy atom. The van der Waals surface area contributed by atoms with E-state index >= 15 is 0 Å². The second-order valence-electron chi connectivity index (χ2n) is 9.37. The summed E-state index contributed by atoms with van der Waals surface area (Å²) >= 11 is 0. The Morgan fingerprint density at radius 3 is 2.45 bits per heavy atom. The quantitative estimate of drug-likeness (QED) is 0.746. The Morgan fingerprint density at radius 2 is 1.79 bits per heavy atom. The third-order valence-electron chi connectivity index (χ3n) is 7.24. The average Bonchev–Trinajstić information content (AvgIpc) is 3.28. The molecule has 176 valence electrons. The smallest absolute Gasteiger partial charge is 0.407 e. The van der Waals surface area contributed by atoms with E-state index in [1.54, 1.807) is 0 Å². The molecule has 8 heteroatoms. The lowest BCUT2D eigenvalue weighted by molar-refractivity contribution is 0.138. The summed E-state index contributed by atoms with van der Waals surface area (Å²) in [5.41, 5.74) is 3.65. The average molecular weight is 452 g/mol. The van der Waals surface area contributed by atoms with Gasteiger partial charge in [0.15, 0.2) is 0 Å². The summed E-state index contributed by atoms with van der Waals surface area (Å²) in [4.78, 5) is 26.4. The summed E-state index contributed by atoms with van der Waals surface area (Å²) < 4.78 is 6.37. The second-order valence-corrected chi connectivity index (χ2v) is 9.37. The van der Waals surface area contributed by atoms with E-state index in [4.69, 9.17) is 9.84 Å². The zero-order valence-corrected chi connectivity index (χ0v) is 19.3. The number of carbonyl (C=O) groups is 1. The van der Waals surface area contributed by atoms with Gasteiger partial charge in [-0.3, -0.25) is 0 Å². The van der Waals surface area contributed by atoms with Gasteiger partial charge in [0.1, 0.15) is 11.9 Å². The maximum absolute atomic E-state index is 11.2. The Hall–Kier alpha value is -3.03. The van der Waals surface area contributed by atoms with Crippen LogP contribution in [0.25, 0.3) is 0 Å². The molecule has 33 heavy (non-hydrogen) atoms. The van der Waals surface area contributed by atoms with Crippen LogP contribution >= 0.6 is 0 Å². The van der Waals surface area contributed by atoms with Gasteiger partial charge >= 0.3 is 6.09 Å². The van der Waals surface area contributed by atoms with Crippen molar-refractivity contribution < 1.29 is 14.6 Å². The van der Waals surface area contributed by atoms with Crippen molar-refractivity contribution in [1.29, 1.82) is 0 Å². The van der Waals surface area contributed by atoms with Gasteiger partial charge in [-0.1, -0.05) is 13.3 Å². The van der Waals surface area contributed by atoms with E-state index in [2.05, 4.69) is 44.9 Å². The van der Waals surface area contributed by atoms with Crippen LogP contribution in [0, 0.1) is 5.92 Å². The maximum atomic E-state index is 11.2. The summed E-state index contributed by atoms with van der Waals surface area (Å²) in [5.74, 6) is 2.39. The molecule has 4 heterocycles. The van der Waals surface area contributed by atoms with Crippen molar-refractivity contribution in [2.45, 2.75) is 45.1 Å². The molecule has 2 saturated heterocycles. The predicted octanol–water partition coefficient (Wildman–Crippen LogP) is 3.45. The fraction of sp³-hybridized carbons (Fsp3) is 0.560. The van der Waals surface area contributed by atoms with Crippen molar-refractivity contribution in [3.05, 3.63) is 41.7 Å². The second kappa shape index (κ2) is 9.45. The van der Waals surface area contributed by atoms with E-state index in [1.165, 1.54) is 21.7 Å². The molecule has 0 radical (unpaired) electrons. The molecule has 2 fully saturated rings. The maximum Gasteiger partial charge on any atom is 0.407 e. The van der Waals surface area contributed by atoms with Gasteiger partial charge in [-0.2, -0.15) is 0 Å². The molecule has 1 unspecified atom stereocenters. The zero-order valence-electron chi connectivity index (χ0n) is 19.3. The van der Waals surface area contributed by atoms with E-state index in [-0.39, 0.29) is 6.10 Å². The minimum absolute atomic E-state index is 0.231. The minimum atomic E-state index is -0.828. The molecule has 0 saturated carbocycles. The first-order valence-corrected chi connectivity index (χ1v) is 12.2. The number of ether oxygens (including phenoxy) is 1. The van der Waals surface area contributed by atoms with Crippen LogP contribution in [0.15, 0.2) is 30.6 Å². The van der Waals surface area contributed by atoms with Gasteiger partial charge in [0.25, 0.3) is 0 Å². The van der Waals surface area contributed by atoms with E-state index in [0.29, 0.717) is 19.0 Å². The Bertz CT molecular complexity index is 967. The molecule has 1 aromatic carbocycles. The van der Waals surface area contributed by atoms with Gasteiger partial charge in [-0.25, -0.2) is 14.8 Å². The van der Waals surface area contributed by atoms with E-state index in [1.807, 2.05) is 12.4 Å². The lowest BCUT2D eigenvalue weighted by Crippen LogP contribution is -2.48. The number of hydrogen-bond donors (Lipinski definition) is 1. The van der Waals surface area contributed by atoms with Crippen molar-refractivity contribution in [3.63, 3.8) is 0 Å². The molecule has 1 aromatic heterocycles. The fourth-order valence-electron chi connectivity index (χ4n) is 5.28. The summed E-state index contributed by atoms with van der Waals surface area (Å²) in [7, 11) is 0. The van der Waals surface area contributed by atoms with Crippen LogP contribution in [0.1, 0.15) is 37.3 Å². The first kappa shape index (κ1) is 21.8. The third kappa shape index (κ3) is 4.70. The molecule has 1 atom stereocenters. The number of aryl methyl sites for hydroxylation is 1. The zero-order chi connectivity index (χ0) is 22.8. The number of amides is 1.